The van der Waals surface area contributed by atoms with Gasteiger partial charge in [-0.05, 0) is 12.5 Å². The van der Waals surface area contributed by atoms with Gasteiger partial charge >= 0.3 is 0 Å². The van der Waals surface area contributed by atoms with Crippen LogP contribution in [0.3, 0.4) is 0 Å². The van der Waals surface area contributed by atoms with Crippen molar-refractivity contribution in [3.63, 3.8) is 0 Å². The van der Waals surface area contributed by atoms with Gasteiger partial charge in [0.05, 0.1) is 12.7 Å². The zero-order valence-electron chi connectivity index (χ0n) is 14.0. The topological polar surface area (TPSA) is 61.7 Å². The third kappa shape index (κ3) is 4.21. The van der Waals surface area contributed by atoms with Gasteiger partial charge in [0.1, 0.15) is 0 Å². The summed E-state index contributed by atoms with van der Waals surface area (Å²) in [5.74, 6) is 1.33. The molecule has 0 spiro atoms. The molecule has 1 fully saturated rings. The molecule has 1 saturated heterocycles. The van der Waals surface area contributed by atoms with Crippen molar-refractivity contribution in [1.82, 2.24) is 14.9 Å². The fraction of sp³-hybridized carbons (Fsp3) is 0.444. The Morgan fingerprint density at radius 2 is 1.88 bits per heavy atom. The molecule has 6 nitrogen and oxygen atoms in total. The van der Waals surface area contributed by atoms with Crippen LogP contribution in [0.25, 0.3) is 0 Å². The molecular formula is C18H24N4O2. The Hall–Kier alpha value is -2.18. The van der Waals surface area contributed by atoms with E-state index in [0.29, 0.717) is 25.0 Å². The van der Waals surface area contributed by atoms with E-state index in [0.717, 1.165) is 31.7 Å². The van der Waals surface area contributed by atoms with Crippen LogP contribution in [0, 0.1) is 0 Å². The molecule has 1 aliphatic heterocycles. The Morgan fingerprint density at radius 1 is 1.12 bits per heavy atom. The lowest BCUT2D eigenvalue weighted by atomic mass is 10.1. The number of piperazine rings is 1. The Kier molecular flexibility index (Phi) is 5.61. The van der Waals surface area contributed by atoms with E-state index in [9.17, 15) is 5.11 Å². The summed E-state index contributed by atoms with van der Waals surface area (Å²) in [6.07, 6.45) is 1.29. The molecule has 2 heterocycles. The quantitative estimate of drug-likeness (QED) is 0.871. The summed E-state index contributed by atoms with van der Waals surface area (Å²) in [5.41, 5.74) is 0.965. The van der Waals surface area contributed by atoms with Gasteiger partial charge in [0.15, 0.2) is 0 Å². The normalized spacial score (nSPS) is 16.8. The van der Waals surface area contributed by atoms with Crippen LogP contribution in [-0.4, -0.2) is 59.3 Å². The molecule has 128 valence electrons. The van der Waals surface area contributed by atoms with Crippen LogP contribution in [0.1, 0.15) is 18.6 Å². The highest BCUT2D eigenvalue weighted by Crippen LogP contribution is 2.18. The largest absolute Gasteiger partial charge is 0.478 e. The van der Waals surface area contributed by atoms with Gasteiger partial charge in [-0.15, -0.1) is 0 Å². The van der Waals surface area contributed by atoms with Crippen LogP contribution in [0.2, 0.25) is 0 Å². The van der Waals surface area contributed by atoms with Gasteiger partial charge in [0.25, 0.3) is 0 Å². The lowest BCUT2D eigenvalue weighted by Gasteiger charge is -2.35. The molecule has 6 heteroatoms. The highest BCUT2D eigenvalue weighted by atomic mass is 16.5. The van der Waals surface area contributed by atoms with Crippen LogP contribution >= 0.6 is 0 Å². The van der Waals surface area contributed by atoms with Crippen molar-refractivity contribution < 1.29 is 9.84 Å². The number of anilines is 1. The molecule has 0 aliphatic carbocycles. The number of aliphatic hydroxyl groups excluding tert-OH is 1. The fourth-order valence-electron chi connectivity index (χ4n) is 2.87. The van der Waals surface area contributed by atoms with Crippen LogP contribution in [0.4, 0.5) is 5.95 Å². The Balaban J connectivity index is 1.53. The van der Waals surface area contributed by atoms with E-state index in [-0.39, 0.29) is 0 Å². The third-order valence-electron chi connectivity index (χ3n) is 4.18. The Bertz CT molecular complexity index is 630. The highest BCUT2D eigenvalue weighted by molar-refractivity contribution is 5.32. The second-order valence-electron chi connectivity index (χ2n) is 5.84. The van der Waals surface area contributed by atoms with Crippen molar-refractivity contribution in [1.29, 1.82) is 0 Å². The van der Waals surface area contributed by atoms with Crippen LogP contribution in [-0.2, 0) is 0 Å². The molecule has 0 radical (unpaired) electrons. The van der Waals surface area contributed by atoms with E-state index < -0.39 is 6.10 Å². The van der Waals surface area contributed by atoms with Crippen molar-refractivity contribution in [3.8, 4) is 5.88 Å². The number of aromatic nitrogens is 2. The van der Waals surface area contributed by atoms with Gasteiger partial charge in [-0.2, -0.15) is 4.98 Å². The predicted octanol–water partition coefficient (Wildman–Crippen LogP) is 1.73. The Labute approximate surface area is 142 Å². The summed E-state index contributed by atoms with van der Waals surface area (Å²) in [6, 6.07) is 11.6. The van der Waals surface area contributed by atoms with Gasteiger partial charge < -0.3 is 14.7 Å². The first-order valence-corrected chi connectivity index (χ1v) is 8.42. The van der Waals surface area contributed by atoms with Gasteiger partial charge in [0.2, 0.25) is 11.8 Å². The maximum Gasteiger partial charge on any atom is 0.228 e. The number of aliphatic hydroxyl groups is 1. The monoisotopic (exact) mass is 328 g/mol. The van der Waals surface area contributed by atoms with Crippen molar-refractivity contribution in [3.05, 3.63) is 48.2 Å². The zero-order valence-corrected chi connectivity index (χ0v) is 14.0. The van der Waals surface area contributed by atoms with Gasteiger partial charge in [-0.3, -0.25) is 4.90 Å². The van der Waals surface area contributed by atoms with Crippen molar-refractivity contribution in [2.24, 2.45) is 0 Å². The lowest BCUT2D eigenvalue weighted by molar-refractivity contribution is 0.109. The molecule has 1 aliphatic rings. The fourth-order valence-corrected chi connectivity index (χ4v) is 2.87. The molecule has 0 saturated carbocycles. The molecule has 1 atom stereocenters. The molecule has 3 rings (SSSR count). The number of hydrogen-bond donors (Lipinski definition) is 1. The summed E-state index contributed by atoms with van der Waals surface area (Å²) in [6.45, 7) is 6.64. The average Bonchev–Trinajstić information content (AvgIpc) is 2.63. The number of β-amino-alcohol motifs (C(OH)–C–C–N with tert-alkyl or cyclic N) is 1. The second-order valence-corrected chi connectivity index (χ2v) is 5.84. The van der Waals surface area contributed by atoms with Crippen LogP contribution in [0.5, 0.6) is 5.88 Å². The standard InChI is InChI=1S/C18H24N4O2/c1-2-24-17-8-9-19-18(20-17)22-12-10-21(11-13-22)14-16(23)15-6-4-3-5-7-15/h3-9,16,23H,2,10-14H2,1H3/t16-/m1/s1. The maximum atomic E-state index is 10.4. The number of benzene rings is 1. The molecule has 24 heavy (non-hydrogen) atoms. The van der Waals surface area contributed by atoms with Crippen LogP contribution in [0.15, 0.2) is 42.6 Å². The van der Waals surface area contributed by atoms with Crippen molar-refractivity contribution in [2.45, 2.75) is 13.0 Å². The van der Waals surface area contributed by atoms with Crippen molar-refractivity contribution >= 4 is 5.95 Å². The summed E-state index contributed by atoms with van der Waals surface area (Å²) in [5, 5.41) is 10.4. The molecule has 2 aromatic rings. The van der Waals surface area contributed by atoms with Crippen LogP contribution < -0.4 is 9.64 Å². The molecule has 0 amide bonds. The number of rotatable bonds is 6. The first kappa shape index (κ1) is 16.7. The third-order valence-corrected chi connectivity index (χ3v) is 4.18. The number of nitrogens with zero attached hydrogens (tertiary/aromatic N) is 4. The average molecular weight is 328 g/mol. The summed E-state index contributed by atoms with van der Waals surface area (Å²) in [4.78, 5) is 13.2. The van der Waals surface area contributed by atoms with E-state index >= 15 is 0 Å². The number of hydrogen-bond acceptors (Lipinski definition) is 6. The van der Waals surface area contributed by atoms with E-state index in [1.807, 2.05) is 37.3 Å². The van der Waals surface area contributed by atoms with E-state index in [2.05, 4.69) is 19.8 Å². The second kappa shape index (κ2) is 8.08. The first-order valence-electron chi connectivity index (χ1n) is 8.42. The van der Waals surface area contributed by atoms with E-state index in [1.54, 1.807) is 12.3 Å². The van der Waals surface area contributed by atoms with Gasteiger partial charge in [-0.1, -0.05) is 30.3 Å². The predicted molar refractivity (Wildman–Crippen MR) is 93.3 cm³/mol. The summed E-state index contributed by atoms with van der Waals surface area (Å²) >= 11 is 0. The van der Waals surface area contributed by atoms with E-state index in [4.69, 9.17) is 4.74 Å². The molecule has 1 aromatic heterocycles. The first-order chi connectivity index (χ1) is 11.8. The molecular weight excluding hydrogens is 304 g/mol. The number of ether oxygens (including phenoxy) is 1. The molecule has 1 aromatic carbocycles. The summed E-state index contributed by atoms with van der Waals surface area (Å²) in [7, 11) is 0. The maximum absolute atomic E-state index is 10.4. The van der Waals surface area contributed by atoms with E-state index in [1.165, 1.54) is 0 Å². The minimum absolute atomic E-state index is 0.449. The lowest BCUT2D eigenvalue weighted by Crippen LogP contribution is -2.48. The van der Waals surface area contributed by atoms with Crippen molar-refractivity contribution in [2.75, 3.05) is 44.2 Å². The smallest absolute Gasteiger partial charge is 0.228 e. The summed E-state index contributed by atoms with van der Waals surface area (Å²) < 4.78 is 5.44. The molecule has 1 N–H and O–H groups in total. The Morgan fingerprint density at radius 3 is 2.58 bits per heavy atom. The minimum Gasteiger partial charge on any atom is -0.478 e. The molecule has 0 unspecified atom stereocenters. The molecule has 0 bridgehead atoms. The minimum atomic E-state index is -0.449. The van der Waals surface area contributed by atoms with Gasteiger partial charge in [-0.25, -0.2) is 4.98 Å². The highest BCUT2D eigenvalue weighted by Gasteiger charge is 2.21. The zero-order chi connectivity index (χ0) is 16.8. The van der Waals surface area contributed by atoms with Gasteiger partial charge in [0, 0.05) is 45.0 Å². The SMILES string of the molecule is CCOc1ccnc(N2CCN(C[C@@H](O)c3ccccc3)CC2)n1.